The number of benzene rings is 1. The van der Waals surface area contributed by atoms with Crippen molar-refractivity contribution in [1.82, 2.24) is 9.78 Å². The summed E-state index contributed by atoms with van der Waals surface area (Å²) < 4.78 is 7.66. The molecule has 0 amide bonds. The number of carbonyl (C=O) groups excluding carboxylic acids is 1. The first-order chi connectivity index (χ1) is 11.1. The normalized spacial score (nSPS) is 12.8. The van der Waals surface area contributed by atoms with Gasteiger partial charge in [0.15, 0.2) is 10.9 Å². The van der Waals surface area contributed by atoms with Crippen LogP contribution in [-0.2, 0) is 16.6 Å². The van der Waals surface area contributed by atoms with Crippen molar-refractivity contribution in [2.75, 3.05) is 0 Å². The van der Waals surface area contributed by atoms with Crippen LogP contribution in [-0.4, -0.2) is 15.7 Å². The Bertz CT molecular complexity index is 793. The van der Waals surface area contributed by atoms with E-state index in [1.807, 2.05) is 30.3 Å². The largest absolute Gasteiger partial charge is 0.424 e. The third-order valence-electron chi connectivity index (χ3n) is 3.20. The second-order valence-corrected chi connectivity index (χ2v) is 7.74. The Morgan fingerprint density at radius 1 is 1.21 bits per heavy atom. The van der Waals surface area contributed by atoms with Gasteiger partial charge in [0.25, 0.3) is 0 Å². The molecule has 0 radical (unpaired) electrons. The van der Waals surface area contributed by atoms with Gasteiger partial charge >= 0.3 is 5.97 Å². The predicted molar refractivity (Wildman–Crippen MR) is 101 cm³/mol. The molecule has 2 rings (SSSR count). The maximum absolute atomic E-state index is 12.4. The van der Waals surface area contributed by atoms with E-state index in [2.05, 4.69) is 21.0 Å². The molecule has 0 bridgehead atoms. The average Bonchev–Trinajstić information content (AvgIpc) is 2.77. The van der Waals surface area contributed by atoms with Crippen LogP contribution >= 0.6 is 39.1 Å². The van der Waals surface area contributed by atoms with Crippen molar-refractivity contribution >= 4 is 55.3 Å². The predicted octanol–water partition coefficient (Wildman–Crippen LogP) is 5.54. The van der Waals surface area contributed by atoms with E-state index in [9.17, 15) is 4.79 Å². The Balaban J connectivity index is 2.64. The third kappa shape index (κ3) is 4.02. The molecule has 0 fully saturated rings. The molecule has 4 nitrogen and oxygen atoms in total. The van der Waals surface area contributed by atoms with Gasteiger partial charge in [0.2, 0.25) is 0 Å². The SMILES string of the molecule is Cn1nc(Cl)c(/C(OC(=O)C(C)(C)C)=C(\Br)c2ccccc2)c1Cl. The summed E-state index contributed by atoms with van der Waals surface area (Å²) in [7, 11) is 1.66. The molecule has 128 valence electrons. The number of esters is 1. The summed E-state index contributed by atoms with van der Waals surface area (Å²) in [6.07, 6.45) is 0. The summed E-state index contributed by atoms with van der Waals surface area (Å²) >= 11 is 16.0. The molecule has 7 heteroatoms. The van der Waals surface area contributed by atoms with E-state index in [0.717, 1.165) is 5.56 Å². The van der Waals surface area contributed by atoms with Crippen molar-refractivity contribution in [3.05, 3.63) is 51.8 Å². The minimum absolute atomic E-state index is 0.159. The van der Waals surface area contributed by atoms with Gasteiger partial charge in [0, 0.05) is 7.05 Å². The molecule has 1 aromatic heterocycles. The molecule has 0 saturated carbocycles. The van der Waals surface area contributed by atoms with Crippen LogP contribution in [0.25, 0.3) is 10.2 Å². The molecule has 0 spiro atoms. The zero-order chi connectivity index (χ0) is 18.1. The molecule has 1 aromatic carbocycles. The van der Waals surface area contributed by atoms with E-state index >= 15 is 0 Å². The van der Waals surface area contributed by atoms with Crippen LogP contribution in [0.5, 0.6) is 0 Å². The van der Waals surface area contributed by atoms with Crippen molar-refractivity contribution in [3.63, 3.8) is 0 Å². The van der Waals surface area contributed by atoms with Crippen LogP contribution < -0.4 is 0 Å². The summed E-state index contributed by atoms with van der Waals surface area (Å²) in [5.41, 5.74) is 0.510. The van der Waals surface area contributed by atoms with Gasteiger partial charge in [-0.3, -0.25) is 9.48 Å². The fourth-order valence-corrected chi connectivity index (χ4v) is 2.92. The molecule has 24 heavy (non-hydrogen) atoms. The second-order valence-electron chi connectivity index (χ2n) is 6.23. The second kappa shape index (κ2) is 7.30. The fourth-order valence-electron chi connectivity index (χ4n) is 1.83. The van der Waals surface area contributed by atoms with Crippen LogP contribution in [0.3, 0.4) is 0 Å². The lowest BCUT2D eigenvalue weighted by atomic mass is 9.97. The molecule has 2 aromatic rings. The van der Waals surface area contributed by atoms with E-state index in [-0.39, 0.29) is 16.1 Å². The van der Waals surface area contributed by atoms with Crippen molar-refractivity contribution in [2.24, 2.45) is 12.5 Å². The minimum atomic E-state index is -0.684. The van der Waals surface area contributed by atoms with Crippen molar-refractivity contribution in [1.29, 1.82) is 0 Å². The summed E-state index contributed by atoms with van der Waals surface area (Å²) in [4.78, 5) is 12.4. The molecule has 0 aliphatic rings. The maximum atomic E-state index is 12.4. The van der Waals surface area contributed by atoms with Gasteiger partial charge in [-0.1, -0.05) is 53.5 Å². The van der Waals surface area contributed by atoms with Crippen LogP contribution in [0.15, 0.2) is 30.3 Å². The van der Waals surface area contributed by atoms with Gasteiger partial charge in [0.05, 0.1) is 15.5 Å². The van der Waals surface area contributed by atoms with E-state index in [1.165, 1.54) is 4.68 Å². The third-order valence-corrected chi connectivity index (χ3v) is 4.71. The fraction of sp³-hybridized carbons (Fsp3) is 0.294. The van der Waals surface area contributed by atoms with Crippen LogP contribution in [0.4, 0.5) is 0 Å². The number of hydrogen-bond acceptors (Lipinski definition) is 3. The van der Waals surface area contributed by atoms with Crippen molar-refractivity contribution in [2.45, 2.75) is 20.8 Å². The number of halogens is 3. The Kier molecular flexibility index (Phi) is 5.78. The number of rotatable bonds is 3. The topological polar surface area (TPSA) is 44.1 Å². The van der Waals surface area contributed by atoms with E-state index < -0.39 is 11.4 Å². The Morgan fingerprint density at radius 3 is 2.25 bits per heavy atom. The highest BCUT2D eigenvalue weighted by Crippen LogP contribution is 2.39. The zero-order valence-electron chi connectivity index (χ0n) is 13.7. The molecular formula is C17H17BrCl2N2O2. The first kappa shape index (κ1) is 19.0. The lowest BCUT2D eigenvalue weighted by Crippen LogP contribution is -2.22. The van der Waals surface area contributed by atoms with Gasteiger partial charge in [-0.25, -0.2) is 0 Å². The molecule has 0 atom stereocenters. The highest BCUT2D eigenvalue weighted by molar-refractivity contribution is 9.15. The Hall–Kier alpha value is -1.30. The Labute approximate surface area is 159 Å². The number of aromatic nitrogens is 2. The summed E-state index contributed by atoms with van der Waals surface area (Å²) in [5.74, 6) is -0.161. The molecule has 0 saturated heterocycles. The zero-order valence-corrected chi connectivity index (χ0v) is 16.8. The number of aryl methyl sites for hydroxylation is 1. The molecule has 0 unspecified atom stereocenters. The smallest absolute Gasteiger partial charge is 0.316 e. The van der Waals surface area contributed by atoms with Gasteiger partial charge in [-0.05, 0) is 42.3 Å². The standard InChI is InChI=1S/C17H17BrCl2N2O2/c1-17(2,3)16(23)24-13(11-14(19)21-22(4)15(11)20)12(18)10-8-6-5-7-9-10/h5-9H,1-4H3/b13-12+. The lowest BCUT2D eigenvalue weighted by molar-refractivity contribution is -0.145. The molecule has 1 heterocycles. The number of carbonyl (C=O) groups is 1. The molecule has 0 aliphatic heterocycles. The Morgan fingerprint density at radius 2 is 1.79 bits per heavy atom. The molecule has 0 N–H and O–H groups in total. The number of nitrogens with zero attached hydrogens (tertiary/aromatic N) is 2. The first-order valence-corrected chi connectivity index (χ1v) is 8.73. The van der Waals surface area contributed by atoms with Gasteiger partial charge in [0.1, 0.15) is 5.15 Å². The van der Waals surface area contributed by atoms with Crippen molar-refractivity contribution < 1.29 is 9.53 Å². The molecule has 0 aliphatic carbocycles. The van der Waals surface area contributed by atoms with E-state index in [1.54, 1.807) is 27.8 Å². The van der Waals surface area contributed by atoms with Gasteiger partial charge in [-0.2, -0.15) is 5.10 Å². The maximum Gasteiger partial charge on any atom is 0.316 e. The van der Waals surface area contributed by atoms with Gasteiger partial charge < -0.3 is 4.74 Å². The number of hydrogen-bond donors (Lipinski definition) is 0. The highest BCUT2D eigenvalue weighted by Gasteiger charge is 2.29. The lowest BCUT2D eigenvalue weighted by Gasteiger charge is -2.19. The van der Waals surface area contributed by atoms with E-state index in [4.69, 9.17) is 27.9 Å². The summed E-state index contributed by atoms with van der Waals surface area (Å²) in [6, 6.07) is 9.42. The summed E-state index contributed by atoms with van der Waals surface area (Å²) in [6.45, 7) is 5.32. The van der Waals surface area contributed by atoms with Crippen molar-refractivity contribution in [3.8, 4) is 0 Å². The van der Waals surface area contributed by atoms with Crippen LogP contribution in [0.1, 0.15) is 31.9 Å². The minimum Gasteiger partial charge on any atom is -0.424 e. The van der Waals surface area contributed by atoms with Gasteiger partial charge in [-0.15, -0.1) is 0 Å². The average molecular weight is 432 g/mol. The van der Waals surface area contributed by atoms with Crippen LogP contribution in [0, 0.1) is 5.41 Å². The van der Waals surface area contributed by atoms with Crippen LogP contribution in [0.2, 0.25) is 10.3 Å². The monoisotopic (exact) mass is 430 g/mol. The molecular weight excluding hydrogens is 415 g/mol. The number of ether oxygens (including phenoxy) is 1. The highest BCUT2D eigenvalue weighted by atomic mass is 79.9. The quantitative estimate of drug-likeness (QED) is 0.473. The van der Waals surface area contributed by atoms with E-state index in [0.29, 0.717) is 10.0 Å². The first-order valence-electron chi connectivity index (χ1n) is 7.18. The summed E-state index contributed by atoms with van der Waals surface area (Å²) in [5, 5.41) is 4.52.